The van der Waals surface area contributed by atoms with Gasteiger partial charge < -0.3 is 16.4 Å². The van der Waals surface area contributed by atoms with Gasteiger partial charge in [-0.2, -0.15) is 0 Å². The first-order valence-corrected chi connectivity index (χ1v) is 8.44. The molecule has 0 aliphatic heterocycles. The van der Waals surface area contributed by atoms with Gasteiger partial charge in [0.25, 0.3) is 0 Å². The van der Waals surface area contributed by atoms with Gasteiger partial charge in [-0.3, -0.25) is 14.4 Å². The number of amides is 3. The van der Waals surface area contributed by atoms with Crippen molar-refractivity contribution >= 4 is 23.4 Å². The molecule has 2 rings (SSSR count). The van der Waals surface area contributed by atoms with E-state index in [2.05, 4.69) is 10.6 Å². The van der Waals surface area contributed by atoms with E-state index in [1.165, 1.54) is 0 Å². The monoisotopic (exact) mass is 353 g/mol. The highest BCUT2D eigenvalue weighted by molar-refractivity contribution is 6.39. The average molecular weight is 353 g/mol. The molecule has 1 unspecified atom stereocenters. The van der Waals surface area contributed by atoms with Gasteiger partial charge in [0, 0.05) is 5.69 Å². The summed E-state index contributed by atoms with van der Waals surface area (Å²) >= 11 is 0. The highest BCUT2D eigenvalue weighted by Gasteiger charge is 2.19. The summed E-state index contributed by atoms with van der Waals surface area (Å²) in [5.41, 5.74) is 8.44. The van der Waals surface area contributed by atoms with Crippen LogP contribution in [0.25, 0.3) is 0 Å². The van der Waals surface area contributed by atoms with Gasteiger partial charge >= 0.3 is 11.8 Å². The minimum atomic E-state index is -0.738. The molecule has 6 nitrogen and oxygen atoms in total. The lowest BCUT2D eigenvalue weighted by molar-refractivity contribution is -0.136. The zero-order valence-corrected chi connectivity index (χ0v) is 14.9. The molecule has 1 atom stereocenters. The molecule has 3 amide bonds. The zero-order valence-electron chi connectivity index (χ0n) is 14.9. The number of aryl methyl sites for hydroxylation is 1. The van der Waals surface area contributed by atoms with E-state index in [1.807, 2.05) is 38.1 Å². The highest BCUT2D eigenvalue weighted by atomic mass is 16.2. The fourth-order valence-electron chi connectivity index (χ4n) is 2.54. The van der Waals surface area contributed by atoms with E-state index in [1.54, 1.807) is 24.3 Å². The van der Waals surface area contributed by atoms with E-state index >= 15 is 0 Å². The van der Waals surface area contributed by atoms with Crippen molar-refractivity contribution in [3.8, 4) is 0 Å². The van der Waals surface area contributed by atoms with Crippen LogP contribution in [0.1, 0.15) is 36.1 Å². The third-order valence-electron chi connectivity index (χ3n) is 3.99. The van der Waals surface area contributed by atoms with Crippen LogP contribution < -0.4 is 16.4 Å². The smallest absolute Gasteiger partial charge is 0.313 e. The minimum absolute atomic E-state index is 0.128. The first kappa shape index (κ1) is 19.2. The lowest BCUT2D eigenvalue weighted by atomic mass is 10.0. The summed E-state index contributed by atoms with van der Waals surface area (Å²) in [6.07, 6.45) is 0.799. The molecule has 0 aliphatic carbocycles. The minimum Gasteiger partial charge on any atom is -0.369 e. The molecule has 6 heteroatoms. The van der Waals surface area contributed by atoms with Crippen LogP contribution in [0.2, 0.25) is 0 Å². The molecule has 0 fully saturated rings. The molecule has 0 aliphatic rings. The van der Waals surface area contributed by atoms with E-state index in [0.717, 1.165) is 16.7 Å². The second-order valence-corrected chi connectivity index (χ2v) is 6.14. The third kappa shape index (κ3) is 5.44. The number of carbonyl (C=O) groups excluding carboxylic acids is 3. The van der Waals surface area contributed by atoms with Crippen molar-refractivity contribution in [1.82, 2.24) is 5.32 Å². The van der Waals surface area contributed by atoms with E-state index in [4.69, 9.17) is 5.73 Å². The van der Waals surface area contributed by atoms with Gasteiger partial charge in [0.15, 0.2) is 0 Å². The molecule has 0 radical (unpaired) electrons. The molecule has 0 aromatic heterocycles. The molecule has 136 valence electrons. The molecule has 0 saturated heterocycles. The van der Waals surface area contributed by atoms with Gasteiger partial charge in [0.05, 0.1) is 12.5 Å². The standard InChI is InChI=1S/C20H23N3O3/c1-3-17(15-8-4-13(2)5-9-15)23-20(26)19(25)22-16-10-6-14(7-11-16)12-18(21)24/h4-11,17H,3,12H2,1-2H3,(H2,21,24)(H,22,25)(H,23,26). The van der Waals surface area contributed by atoms with Crippen molar-refractivity contribution in [2.75, 3.05) is 5.32 Å². The van der Waals surface area contributed by atoms with E-state index in [0.29, 0.717) is 12.1 Å². The van der Waals surface area contributed by atoms with Crippen molar-refractivity contribution in [3.63, 3.8) is 0 Å². The van der Waals surface area contributed by atoms with Crippen molar-refractivity contribution in [2.24, 2.45) is 5.73 Å². The molecule has 0 bridgehead atoms. The maximum absolute atomic E-state index is 12.2. The molecule has 0 saturated carbocycles. The van der Waals surface area contributed by atoms with Crippen molar-refractivity contribution < 1.29 is 14.4 Å². The van der Waals surface area contributed by atoms with Gasteiger partial charge in [-0.1, -0.05) is 48.9 Å². The summed E-state index contributed by atoms with van der Waals surface area (Å²) in [7, 11) is 0. The predicted molar refractivity (Wildman–Crippen MR) is 100 cm³/mol. The first-order chi connectivity index (χ1) is 12.4. The molecular weight excluding hydrogens is 330 g/mol. The number of primary amides is 1. The molecule has 0 heterocycles. The number of nitrogens with one attached hydrogen (secondary N) is 2. The van der Waals surface area contributed by atoms with Crippen LogP contribution in [0.5, 0.6) is 0 Å². The van der Waals surface area contributed by atoms with Crippen LogP contribution in [0, 0.1) is 6.92 Å². The van der Waals surface area contributed by atoms with Crippen LogP contribution in [0.15, 0.2) is 48.5 Å². The number of hydrogen-bond donors (Lipinski definition) is 3. The van der Waals surface area contributed by atoms with E-state index in [9.17, 15) is 14.4 Å². The summed E-state index contributed by atoms with van der Waals surface area (Å²) in [6, 6.07) is 14.2. The topological polar surface area (TPSA) is 101 Å². The largest absolute Gasteiger partial charge is 0.369 e. The van der Waals surface area contributed by atoms with Crippen LogP contribution in [-0.2, 0) is 20.8 Å². The Balaban J connectivity index is 1.96. The Hall–Kier alpha value is -3.15. The Morgan fingerprint density at radius 3 is 2.12 bits per heavy atom. The fraction of sp³-hybridized carbons (Fsp3) is 0.250. The lowest BCUT2D eigenvalue weighted by Gasteiger charge is -2.17. The van der Waals surface area contributed by atoms with Crippen LogP contribution in [0.4, 0.5) is 5.69 Å². The Morgan fingerprint density at radius 1 is 0.962 bits per heavy atom. The van der Waals surface area contributed by atoms with E-state index in [-0.39, 0.29) is 12.5 Å². The second-order valence-electron chi connectivity index (χ2n) is 6.14. The Kier molecular flexibility index (Phi) is 6.49. The summed E-state index contributed by atoms with van der Waals surface area (Å²) in [5.74, 6) is -1.86. The van der Waals surface area contributed by atoms with E-state index < -0.39 is 17.7 Å². The Morgan fingerprint density at radius 2 is 1.58 bits per heavy atom. The number of anilines is 1. The fourth-order valence-corrected chi connectivity index (χ4v) is 2.54. The molecule has 26 heavy (non-hydrogen) atoms. The molecule has 0 spiro atoms. The maximum Gasteiger partial charge on any atom is 0.313 e. The summed E-state index contributed by atoms with van der Waals surface area (Å²) in [5, 5.41) is 5.29. The number of benzene rings is 2. The number of rotatable bonds is 6. The predicted octanol–water partition coefficient (Wildman–Crippen LogP) is 2.23. The molecule has 2 aromatic carbocycles. The summed E-state index contributed by atoms with van der Waals surface area (Å²) in [4.78, 5) is 35.2. The molecular formula is C20H23N3O3. The number of carbonyl (C=O) groups is 3. The number of hydrogen-bond acceptors (Lipinski definition) is 3. The van der Waals surface area contributed by atoms with Crippen molar-refractivity contribution in [1.29, 1.82) is 0 Å². The maximum atomic E-state index is 12.2. The zero-order chi connectivity index (χ0) is 19.1. The third-order valence-corrected chi connectivity index (χ3v) is 3.99. The lowest BCUT2D eigenvalue weighted by Crippen LogP contribution is -2.37. The molecule has 2 aromatic rings. The van der Waals surface area contributed by atoms with Crippen molar-refractivity contribution in [3.05, 3.63) is 65.2 Å². The van der Waals surface area contributed by atoms with Gasteiger partial charge in [0.2, 0.25) is 5.91 Å². The van der Waals surface area contributed by atoms with Gasteiger partial charge in [-0.15, -0.1) is 0 Å². The summed E-state index contributed by atoms with van der Waals surface area (Å²) < 4.78 is 0. The second kappa shape index (κ2) is 8.80. The van der Waals surface area contributed by atoms with Gasteiger partial charge in [-0.05, 0) is 36.6 Å². The van der Waals surface area contributed by atoms with Gasteiger partial charge in [0.1, 0.15) is 0 Å². The van der Waals surface area contributed by atoms with Crippen molar-refractivity contribution in [2.45, 2.75) is 32.7 Å². The van der Waals surface area contributed by atoms with Gasteiger partial charge in [-0.25, -0.2) is 0 Å². The SMILES string of the molecule is CCC(NC(=O)C(=O)Nc1ccc(CC(N)=O)cc1)c1ccc(C)cc1. The van der Waals surface area contributed by atoms with Crippen LogP contribution in [0.3, 0.4) is 0 Å². The Labute approximate surface area is 152 Å². The first-order valence-electron chi connectivity index (χ1n) is 8.44. The normalized spacial score (nSPS) is 11.5. The quantitative estimate of drug-likeness (QED) is 0.694. The summed E-state index contributed by atoms with van der Waals surface area (Å²) in [6.45, 7) is 3.94. The highest BCUT2D eigenvalue weighted by Crippen LogP contribution is 2.17. The van der Waals surface area contributed by atoms with Crippen LogP contribution >= 0.6 is 0 Å². The average Bonchev–Trinajstić information content (AvgIpc) is 2.61. The molecule has 4 N–H and O–H groups in total. The number of nitrogens with two attached hydrogens (primary N) is 1. The van der Waals surface area contributed by atoms with Crippen LogP contribution in [-0.4, -0.2) is 17.7 Å². The Bertz CT molecular complexity index is 783.